The Balaban J connectivity index is 1.02. The summed E-state index contributed by atoms with van der Waals surface area (Å²) in [5, 5.41) is 14.6. The lowest BCUT2D eigenvalue weighted by Crippen LogP contribution is -2.06. The number of hydrogen-bond donors (Lipinski definition) is 0. The molecule has 0 fully saturated rings. The molecule has 4 heterocycles. The summed E-state index contributed by atoms with van der Waals surface area (Å²) >= 11 is 0. The minimum absolute atomic E-state index is 0.576. The van der Waals surface area contributed by atoms with Crippen molar-refractivity contribution in [2.45, 2.75) is 0 Å². The smallest absolute Gasteiger partial charge is 0.238 e. The quantitative estimate of drug-likeness (QED) is 0.173. The van der Waals surface area contributed by atoms with E-state index < -0.39 is 0 Å². The minimum atomic E-state index is 0.576. The van der Waals surface area contributed by atoms with Crippen LogP contribution in [0.2, 0.25) is 0 Å². The van der Waals surface area contributed by atoms with E-state index in [0.29, 0.717) is 17.6 Å². The SMILES string of the molecule is c1cc(-c2ccc3ccccc3c2)cc(-c2nc(-c3cccc(-c4ccc5ccccc5c4)c3)nc(-n3c4ccc5cccc6c5c4c4c5c(ccc7c8ccccc8n6c75)ccc43)n2)c1. The summed E-state index contributed by atoms with van der Waals surface area (Å²) in [6.45, 7) is 0. The van der Waals surface area contributed by atoms with Crippen molar-refractivity contribution in [3.63, 3.8) is 0 Å². The second-order valence-corrected chi connectivity index (χ2v) is 17.6. The number of benzene rings is 11. The molecule has 5 nitrogen and oxygen atoms in total. The third-order valence-corrected chi connectivity index (χ3v) is 14.0. The van der Waals surface area contributed by atoms with Gasteiger partial charge in [-0.3, -0.25) is 4.57 Å². The maximum atomic E-state index is 5.48. The number of rotatable bonds is 5. The van der Waals surface area contributed by atoms with E-state index in [2.05, 4.69) is 221 Å². The van der Waals surface area contributed by atoms with E-state index in [-0.39, 0.29) is 0 Å². The van der Waals surface area contributed by atoms with Crippen LogP contribution >= 0.6 is 0 Å². The average Bonchev–Trinajstić information content (AvgIpc) is 3.87. The molecule has 0 radical (unpaired) electrons. The van der Waals surface area contributed by atoms with E-state index in [9.17, 15) is 0 Å². The standard InChI is InChI=1S/C61H35N5/c1-3-12-40-32-44(24-22-36(40)10-1)42-15-7-17-46(34-42)59-62-60(47-18-8-16-43(35-47)45-25-23-37-11-2-4-13-41(37)33-45)64-61(63-59)66-52-30-27-38-14-9-21-51-54(38)56(52)57-53(66)31-28-39-26-29-49-48-19-5-6-20-50(48)65(51)58(49)55(39)57/h1-35H. The highest BCUT2D eigenvalue weighted by Crippen LogP contribution is 2.47. The minimum Gasteiger partial charge on any atom is -0.308 e. The Hall–Kier alpha value is -8.93. The van der Waals surface area contributed by atoms with Crippen LogP contribution in [-0.2, 0) is 0 Å². The van der Waals surface area contributed by atoms with Crippen molar-refractivity contribution in [2.24, 2.45) is 0 Å². The van der Waals surface area contributed by atoms with Crippen molar-refractivity contribution in [3.8, 4) is 51.0 Å². The van der Waals surface area contributed by atoms with Gasteiger partial charge in [0.25, 0.3) is 0 Å². The van der Waals surface area contributed by atoms with Crippen LogP contribution in [0, 0.1) is 0 Å². The topological polar surface area (TPSA) is 48.0 Å². The molecule has 0 aliphatic carbocycles. The summed E-state index contributed by atoms with van der Waals surface area (Å²) in [6, 6.07) is 76.7. The molecular weight excluding hydrogens is 803 g/mol. The van der Waals surface area contributed by atoms with Gasteiger partial charge in [0.05, 0.1) is 27.6 Å². The zero-order valence-electron chi connectivity index (χ0n) is 35.4. The van der Waals surface area contributed by atoms with Gasteiger partial charge in [0.2, 0.25) is 5.95 Å². The van der Waals surface area contributed by atoms with E-state index in [0.717, 1.165) is 44.4 Å². The molecule has 0 amide bonds. The Morgan fingerprint density at radius 1 is 0.273 bits per heavy atom. The van der Waals surface area contributed by atoms with Crippen molar-refractivity contribution in [1.82, 2.24) is 23.9 Å². The lowest BCUT2D eigenvalue weighted by Gasteiger charge is -2.13. The third-order valence-electron chi connectivity index (χ3n) is 14.0. The molecule has 0 aliphatic heterocycles. The van der Waals surface area contributed by atoms with Gasteiger partial charge in [-0.2, -0.15) is 9.97 Å². The Labute approximate surface area is 377 Å². The molecule has 0 N–H and O–H groups in total. The van der Waals surface area contributed by atoms with Crippen LogP contribution in [0.3, 0.4) is 0 Å². The van der Waals surface area contributed by atoms with Crippen LogP contribution in [-0.4, -0.2) is 23.9 Å². The highest BCUT2D eigenvalue weighted by molar-refractivity contribution is 6.37. The second-order valence-electron chi connectivity index (χ2n) is 17.6. The first-order valence-electron chi connectivity index (χ1n) is 22.5. The van der Waals surface area contributed by atoms with Gasteiger partial charge in [-0.05, 0) is 103 Å². The highest BCUT2D eigenvalue weighted by Gasteiger charge is 2.26. The van der Waals surface area contributed by atoms with E-state index in [1.165, 1.54) is 81.2 Å². The molecule has 0 atom stereocenters. The molecule has 0 bridgehead atoms. The molecule has 5 heteroatoms. The Morgan fingerprint density at radius 2 is 0.758 bits per heavy atom. The predicted octanol–water partition coefficient (Wildman–Crippen LogP) is 15.7. The zero-order chi connectivity index (χ0) is 43.0. The second kappa shape index (κ2) is 13.3. The van der Waals surface area contributed by atoms with Gasteiger partial charge >= 0.3 is 0 Å². The number of para-hydroxylation sites is 1. The Bertz CT molecular complexity index is 4340. The van der Waals surface area contributed by atoms with Gasteiger partial charge in [0.1, 0.15) is 0 Å². The van der Waals surface area contributed by atoms with Crippen LogP contribution in [0.4, 0.5) is 0 Å². The van der Waals surface area contributed by atoms with Crippen molar-refractivity contribution in [1.29, 1.82) is 0 Å². The highest BCUT2D eigenvalue weighted by atomic mass is 15.2. The van der Waals surface area contributed by atoms with Gasteiger partial charge in [0, 0.05) is 43.4 Å². The van der Waals surface area contributed by atoms with E-state index in [4.69, 9.17) is 15.0 Å². The van der Waals surface area contributed by atoms with Crippen molar-refractivity contribution >= 4 is 92.2 Å². The number of hydrogen-bond acceptors (Lipinski definition) is 3. The fraction of sp³-hybridized carbons (Fsp3) is 0. The Kier molecular flexibility index (Phi) is 7.16. The largest absolute Gasteiger partial charge is 0.308 e. The lowest BCUT2D eigenvalue weighted by molar-refractivity contribution is 0.954. The molecule has 0 saturated carbocycles. The summed E-state index contributed by atoms with van der Waals surface area (Å²) in [6.07, 6.45) is 0. The van der Waals surface area contributed by atoms with Gasteiger partial charge in [-0.15, -0.1) is 0 Å². The lowest BCUT2D eigenvalue weighted by atomic mass is 9.98. The Morgan fingerprint density at radius 3 is 1.42 bits per heavy atom. The average molecular weight is 838 g/mol. The van der Waals surface area contributed by atoms with E-state index >= 15 is 0 Å². The molecule has 0 aliphatic rings. The fourth-order valence-electron chi connectivity index (χ4n) is 11.0. The van der Waals surface area contributed by atoms with Crippen LogP contribution in [0.5, 0.6) is 0 Å². The molecule has 11 aromatic carbocycles. The molecular formula is C61H35N5. The maximum absolute atomic E-state index is 5.48. The molecule has 15 aromatic rings. The molecule has 66 heavy (non-hydrogen) atoms. The molecule has 0 unspecified atom stereocenters. The molecule has 304 valence electrons. The normalized spacial score (nSPS) is 12.2. The van der Waals surface area contributed by atoms with Crippen molar-refractivity contribution < 1.29 is 0 Å². The summed E-state index contributed by atoms with van der Waals surface area (Å²) in [4.78, 5) is 16.3. The number of nitrogens with zero attached hydrogens (tertiary/aromatic N) is 5. The summed E-state index contributed by atoms with van der Waals surface area (Å²) in [5.74, 6) is 1.80. The van der Waals surface area contributed by atoms with E-state index in [1.54, 1.807) is 0 Å². The van der Waals surface area contributed by atoms with Crippen LogP contribution < -0.4 is 0 Å². The first kappa shape index (κ1) is 35.5. The first-order chi connectivity index (χ1) is 32.7. The fourth-order valence-corrected chi connectivity index (χ4v) is 11.0. The van der Waals surface area contributed by atoms with Gasteiger partial charge < -0.3 is 4.40 Å². The monoisotopic (exact) mass is 837 g/mol. The number of fused-ring (bicyclic) bond motifs is 6. The van der Waals surface area contributed by atoms with Gasteiger partial charge in [0.15, 0.2) is 11.6 Å². The van der Waals surface area contributed by atoms with Crippen molar-refractivity contribution in [3.05, 3.63) is 212 Å². The molecule has 4 aromatic heterocycles. The third kappa shape index (κ3) is 5.02. The maximum Gasteiger partial charge on any atom is 0.238 e. The number of aromatic nitrogens is 5. The summed E-state index contributed by atoms with van der Waals surface area (Å²) in [5.41, 5.74) is 12.1. The van der Waals surface area contributed by atoms with Crippen LogP contribution in [0.1, 0.15) is 0 Å². The summed E-state index contributed by atoms with van der Waals surface area (Å²) < 4.78 is 4.79. The molecule has 15 rings (SSSR count). The predicted molar refractivity (Wildman–Crippen MR) is 274 cm³/mol. The summed E-state index contributed by atoms with van der Waals surface area (Å²) in [7, 11) is 0. The molecule has 0 saturated heterocycles. The zero-order valence-corrected chi connectivity index (χ0v) is 35.4. The van der Waals surface area contributed by atoms with Crippen LogP contribution in [0.15, 0.2) is 212 Å². The van der Waals surface area contributed by atoms with Crippen molar-refractivity contribution in [2.75, 3.05) is 0 Å². The van der Waals surface area contributed by atoms with Gasteiger partial charge in [-0.25, -0.2) is 4.98 Å². The van der Waals surface area contributed by atoms with E-state index in [1.807, 2.05) is 0 Å². The first-order valence-corrected chi connectivity index (χ1v) is 22.5. The molecule has 0 spiro atoms. The van der Waals surface area contributed by atoms with Gasteiger partial charge in [-0.1, -0.05) is 164 Å². The van der Waals surface area contributed by atoms with Crippen LogP contribution in [0.25, 0.3) is 143 Å².